The molecule has 0 spiro atoms. The summed E-state index contributed by atoms with van der Waals surface area (Å²) in [6.45, 7) is 12.5. The van der Waals surface area contributed by atoms with Crippen molar-refractivity contribution in [3.63, 3.8) is 0 Å². The Balaban J connectivity index is 2.93. The number of nitrogens with two attached hydrogens (primary N) is 1. The second-order valence-electron chi connectivity index (χ2n) is 6.40. The molecule has 108 valence electrons. The first kappa shape index (κ1) is 16.0. The Morgan fingerprint density at radius 2 is 1.94 bits per heavy atom. The van der Waals surface area contributed by atoms with E-state index in [1.54, 1.807) is 0 Å². The monoisotopic (exact) mass is 254 g/mol. The maximum absolute atomic E-state index is 6.24. The molecule has 0 saturated carbocycles. The predicted octanol–water partition coefficient (Wildman–Crippen LogP) is 3.79. The largest absolute Gasteiger partial charge is 0.329 e. The third-order valence-corrected chi connectivity index (χ3v) is 5.27. The molecule has 2 N–H and O–H groups in total. The molecule has 0 aliphatic carbocycles. The van der Waals surface area contributed by atoms with Gasteiger partial charge in [0.25, 0.3) is 0 Å². The minimum Gasteiger partial charge on any atom is -0.329 e. The SMILES string of the molecule is CCC(C)CC(CC)(CN)N1C(C)CCC1CC. The van der Waals surface area contributed by atoms with Gasteiger partial charge in [-0.05, 0) is 44.9 Å². The Hall–Kier alpha value is -0.0800. The molecule has 0 aromatic carbocycles. The van der Waals surface area contributed by atoms with Crippen LogP contribution in [0, 0.1) is 5.92 Å². The maximum Gasteiger partial charge on any atom is 0.0337 e. The van der Waals surface area contributed by atoms with Crippen molar-refractivity contribution in [2.45, 2.75) is 90.8 Å². The highest BCUT2D eigenvalue weighted by Crippen LogP contribution is 2.38. The van der Waals surface area contributed by atoms with Gasteiger partial charge in [-0.25, -0.2) is 0 Å². The molecule has 1 rings (SSSR count). The highest BCUT2D eigenvalue weighted by molar-refractivity contribution is 5.00. The lowest BCUT2D eigenvalue weighted by Gasteiger charge is -2.48. The predicted molar refractivity (Wildman–Crippen MR) is 80.8 cm³/mol. The van der Waals surface area contributed by atoms with Crippen LogP contribution in [-0.4, -0.2) is 29.1 Å². The molecule has 1 saturated heterocycles. The summed E-state index contributed by atoms with van der Waals surface area (Å²) >= 11 is 0. The molecule has 1 fully saturated rings. The summed E-state index contributed by atoms with van der Waals surface area (Å²) in [6, 6.07) is 1.47. The van der Waals surface area contributed by atoms with E-state index in [4.69, 9.17) is 5.73 Å². The van der Waals surface area contributed by atoms with Crippen molar-refractivity contribution in [2.75, 3.05) is 6.54 Å². The zero-order valence-electron chi connectivity index (χ0n) is 13.2. The van der Waals surface area contributed by atoms with Gasteiger partial charge >= 0.3 is 0 Å². The van der Waals surface area contributed by atoms with E-state index in [0.29, 0.717) is 6.04 Å². The summed E-state index contributed by atoms with van der Waals surface area (Å²) in [6.07, 6.45) is 7.69. The van der Waals surface area contributed by atoms with Crippen molar-refractivity contribution in [3.8, 4) is 0 Å². The summed E-state index contributed by atoms with van der Waals surface area (Å²) in [5, 5.41) is 0. The minimum absolute atomic E-state index is 0.242. The first-order chi connectivity index (χ1) is 8.54. The molecule has 0 amide bonds. The fourth-order valence-corrected chi connectivity index (χ4v) is 3.89. The van der Waals surface area contributed by atoms with Gasteiger partial charge in [-0.2, -0.15) is 0 Å². The molecule has 1 aliphatic heterocycles. The van der Waals surface area contributed by atoms with Crippen molar-refractivity contribution < 1.29 is 0 Å². The quantitative estimate of drug-likeness (QED) is 0.749. The maximum atomic E-state index is 6.24. The van der Waals surface area contributed by atoms with Crippen molar-refractivity contribution in [1.82, 2.24) is 4.90 Å². The van der Waals surface area contributed by atoms with E-state index in [2.05, 4.69) is 39.5 Å². The van der Waals surface area contributed by atoms with Crippen LogP contribution in [0.1, 0.15) is 73.1 Å². The molecular weight excluding hydrogens is 220 g/mol. The van der Waals surface area contributed by atoms with Gasteiger partial charge < -0.3 is 5.73 Å². The van der Waals surface area contributed by atoms with Gasteiger partial charge in [0, 0.05) is 24.2 Å². The van der Waals surface area contributed by atoms with Gasteiger partial charge in [0.05, 0.1) is 0 Å². The highest BCUT2D eigenvalue weighted by atomic mass is 15.3. The summed E-state index contributed by atoms with van der Waals surface area (Å²) < 4.78 is 0. The van der Waals surface area contributed by atoms with Crippen LogP contribution in [0.3, 0.4) is 0 Å². The molecule has 2 heteroatoms. The fourth-order valence-electron chi connectivity index (χ4n) is 3.89. The molecular formula is C16H34N2. The van der Waals surface area contributed by atoms with E-state index in [1.165, 1.54) is 38.5 Å². The van der Waals surface area contributed by atoms with Crippen LogP contribution in [0.15, 0.2) is 0 Å². The lowest BCUT2D eigenvalue weighted by molar-refractivity contribution is 0.0239. The van der Waals surface area contributed by atoms with Crippen molar-refractivity contribution in [3.05, 3.63) is 0 Å². The molecule has 2 nitrogen and oxygen atoms in total. The van der Waals surface area contributed by atoms with E-state index < -0.39 is 0 Å². The van der Waals surface area contributed by atoms with Crippen molar-refractivity contribution in [2.24, 2.45) is 11.7 Å². The van der Waals surface area contributed by atoms with Gasteiger partial charge in [-0.1, -0.05) is 34.1 Å². The summed E-state index contributed by atoms with van der Waals surface area (Å²) in [5.41, 5.74) is 6.48. The van der Waals surface area contributed by atoms with Crippen LogP contribution in [0.25, 0.3) is 0 Å². The van der Waals surface area contributed by atoms with Crippen LogP contribution in [0.4, 0.5) is 0 Å². The van der Waals surface area contributed by atoms with Gasteiger partial charge in [-0.15, -0.1) is 0 Å². The fraction of sp³-hybridized carbons (Fsp3) is 1.00. The smallest absolute Gasteiger partial charge is 0.0337 e. The van der Waals surface area contributed by atoms with E-state index >= 15 is 0 Å². The van der Waals surface area contributed by atoms with E-state index in [9.17, 15) is 0 Å². The molecule has 4 unspecified atom stereocenters. The van der Waals surface area contributed by atoms with Crippen LogP contribution >= 0.6 is 0 Å². The first-order valence-corrected chi connectivity index (χ1v) is 8.03. The Kier molecular flexibility index (Phi) is 6.13. The minimum atomic E-state index is 0.242. The molecule has 0 radical (unpaired) electrons. The van der Waals surface area contributed by atoms with Crippen molar-refractivity contribution >= 4 is 0 Å². The molecule has 1 aliphatic rings. The zero-order valence-corrected chi connectivity index (χ0v) is 13.2. The Morgan fingerprint density at radius 1 is 1.28 bits per heavy atom. The Labute approximate surface area is 114 Å². The van der Waals surface area contributed by atoms with E-state index in [-0.39, 0.29) is 5.54 Å². The third kappa shape index (κ3) is 3.08. The standard InChI is InChI=1S/C16H34N2/c1-6-13(4)11-16(8-3,12-17)18-14(5)9-10-15(18)7-2/h13-15H,6-12,17H2,1-5H3. The van der Waals surface area contributed by atoms with Gasteiger partial charge in [-0.3, -0.25) is 4.90 Å². The zero-order chi connectivity index (χ0) is 13.8. The molecule has 0 aromatic heterocycles. The van der Waals surface area contributed by atoms with E-state index in [0.717, 1.165) is 18.5 Å². The summed E-state index contributed by atoms with van der Waals surface area (Å²) in [5.74, 6) is 0.777. The van der Waals surface area contributed by atoms with Gasteiger partial charge in [0.15, 0.2) is 0 Å². The molecule has 0 aromatic rings. The van der Waals surface area contributed by atoms with Crippen LogP contribution in [0.5, 0.6) is 0 Å². The van der Waals surface area contributed by atoms with E-state index in [1.807, 2.05) is 0 Å². The lowest BCUT2D eigenvalue weighted by Crippen LogP contribution is -2.58. The summed E-state index contributed by atoms with van der Waals surface area (Å²) in [4.78, 5) is 2.79. The topological polar surface area (TPSA) is 29.3 Å². The van der Waals surface area contributed by atoms with Crippen LogP contribution < -0.4 is 5.73 Å². The van der Waals surface area contributed by atoms with Gasteiger partial charge in [0.1, 0.15) is 0 Å². The number of hydrogen-bond acceptors (Lipinski definition) is 2. The Bertz CT molecular complexity index is 235. The number of likely N-dealkylation sites (tertiary alicyclic amines) is 1. The molecule has 1 heterocycles. The average Bonchev–Trinajstić information content (AvgIpc) is 2.77. The Morgan fingerprint density at radius 3 is 2.39 bits per heavy atom. The normalized spacial score (nSPS) is 30.3. The van der Waals surface area contributed by atoms with Crippen LogP contribution in [0.2, 0.25) is 0 Å². The summed E-state index contributed by atoms with van der Waals surface area (Å²) in [7, 11) is 0. The average molecular weight is 254 g/mol. The van der Waals surface area contributed by atoms with Gasteiger partial charge in [0.2, 0.25) is 0 Å². The number of nitrogens with zero attached hydrogens (tertiary/aromatic N) is 1. The first-order valence-electron chi connectivity index (χ1n) is 8.03. The third-order valence-electron chi connectivity index (χ3n) is 5.27. The second kappa shape index (κ2) is 6.91. The number of hydrogen-bond donors (Lipinski definition) is 1. The van der Waals surface area contributed by atoms with Crippen molar-refractivity contribution in [1.29, 1.82) is 0 Å². The molecule has 0 bridgehead atoms. The molecule has 18 heavy (non-hydrogen) atoms. The second-order valence-corrected chi connectivity index (χ2v) is 6.40. The highest BCUT2D eigenvalue weighted by Gasteiger charge is 2.43. The molecule has 4 atom stereocenters. The van der Waals surface area contributed by atoms with Crippen LogP contribution in [-0.2, 0) is 0 Å². The number of rotatable bonds is 7. The lowest BCUT2D eigenvalue weighted by atomic mass is 9.82.